The summed E-state index contributed by atoms with van der Waals surface area (Å²) in [5, 5.41) is 3.64. The third-order valence-electron chi connectivity index (χ3n) is 4.90. The van der Waals surface area contributed by atoms with Crippen LogP contribution in [-0.2, 0) is 6.61 Å². The summed E-state index contributed by atoms with van der Waals surface area (Å²) in [6, 6.07) is 18.7. The normalized spacial score (nSPS) is 10.7. The Morgan fingerprint density at radius 2 is 1.77 bits per heavy atom. The molecule has 0 saturated heterocycles. The van der Waals surface area contributed by atoms with Crippen LogP contribution in [0.2, 0.25) is 5.02 Å². The molecule has 1 N–H and O–H groups in total. The second-order valence-corrected chi connectivity index (χ2v) is 7.86. The molecule has 0 spiro atoms. The number of methoxy groups -OCH3 is 1. The number of amides is 1. The first-order valence-corrected chi connectivity index (χ1v) is 10.2. The first-order chi connectivity index (χ1) is 14.4. The summed E-state index contributed by atoms with van der Waals surface area (Å²) in [4.78, 5) is 12.7. The largest absolute Gasteiger partial charge is 0.496 e. The van der Waals surface area contributed by atoms with Gasteiger partial charge in [0.1, 0.15) is 18.1 Å². The van der Waals surface area contributed by atoms with E-state index < -0.39 is 0 Å². The fourth-order valence-corrected chi connectivity index (χ4v) is 3.17. The number of anilines is 1. The molecule has 0 aliphatic carbocycles. The van der Waals surface area contributed by atoms with Gasteiger partial charge >= 0.3 is 0 Å². The van der Waals surface area contributed by atoms with Gasteiger partial charge < -0.3 is 14.8 Å². The molecule has 0 unspecified atom stereocenters. The summed E-state index contributed by atoms with van der Waals surface area (Å²) in [6.07, 6.45) is 0. The van der Waals surface area contributed by atoms with Gasteiger partial charge in [0.05, 0.1) is 7.11 Å². The van der Waals surface area contributed by atoms with Gasteiger partial charge in [-0.15, -0.1) is 0 Å². The first kappa shape index (κ1) is 21.7. The lowest BCUT2D eigenvalue weighted by Crippen LogP contribution is -2.13. The van der Waals surface area contributed by atoms with Crippen molar-refractivity contribution in [1.82, 2.24) is 0 Å². The zero-order valence-corrected chi connectivity index (χ0v) is 18.4. The second-order valence-electron chi connectivity index (χ2n) is 7.46. The van der Waals surface area contributed by atoms with Gasteiger partial charge in [0.25, 0.3) is 5.91 Å². The van der Waals surface area contributed by atoms with Gasteiger partial charge in [-0.1, -0.05) is 37.6 Å². The maximum absolute atomic E-state index is 12.7. The van der Waals surface area contributed by atoms with Crippen molar-refractivity contribution >= 4 is 23.2 Å². The number of hydrogen-bond donors (Lipinski definition) is 1. The number of benzene rings is 3. The molecule has 5 heteroatoms. The summed E-state index contributed by atoms with van der Waals surface area (Å²) >= 11 is 6.07. The van der Waals surface area contributed by atoms with E-state index in [1.54, 1.807) is 31.4 Å². The summed E-state index contributed by atoms with van der Waals surface area (Å²) < 4.78 is 11.3. The van der Waals surface area contributed by atoms with Crippen LogP contribution in [0.4, 0.5) is 5.69 Å². The highest BCUT2D eigenvalue weighted by Crippen LogP contribution is 2.25. The molecular weight excluding hydrogens is 398 g/mol. The SMILES string of the molecule is COc1ccc(C(=O)Nc2ccc(C(C)C)cc2)cc1COc1ccc(Cl)c(C)c1. The van der Waals surface area contributed by atoms with Gasteiger partial charge in [0.2, 0.25) is 0 Å². The summed E-state index contributed by atoms with van der Waals surface area (Å²) in [5.74, 6) is 1.64. The monoisotopic (exact) mass is 423 g/mol. The number of carbonyl (C=O) groups is 1. The van der Waals surface area contributed by atoms with Crippen LogP contribution in [0.15, 0.2) is 60.7 Å². The molecule has 3 aromatic carbocycles. The smallest absolute Gasteiger partial charge is 0.255 e. The minimum absolute atomic E-state index is 0.182. The van der Waals surface area contributed by atoms with Crippen LogP contribution in [0.25, 0.3) is 0 Å². The topological polar surface area (TPSA) is 47.6 Å². The van der Waals surface area contributed by atoms with E-state index in [0.29, 0.717) is 28.0 Å². The Hall–Kier alpha value is -2.98. The van der Waals surface area contributed by atoms with Gasteiger partial charge in [-0.2, -0.15) is 0 Å². The van der Waals surface area contributed by atoms with Crippen LogP contribution in [0.1, 0.15) is 46.8 Å². The average Bonchev–Trinajstić information content (AvgIpc) is 2.74. The Bertz CT molecular complexity index is 1030. The van der Waals surface area contributed by atoms with Crippen LogP contribution in [-0.4, -0.2) is 13.0 Å². The number of aryl methyl sites for hydroxylation is 1. The Morgan fingerprint density at radius 3 is 2.40 bits per heavy atom. The van der Waals surface area contributed by atoms with Gasteiger partial charge in [-0.25, -0.2) is 0 Å². The number of carbonyl (C=O) groups excluding carboxylic acids is 1. The molecule has 3 rings (SSSR count). The van der Waals surface area contributed by atoms with Crippen molar-refractivity contribution in [2.45, 2.75) is 33.3 Å². The molecule has 0 bridgehead atoms. The molecule has 0 saturated carbocycles. The third-order valence-corrected chi connectivity index (χ3v) is 5.33. The van der Waals surface area contributed by atoms with Gasteiger partial charge in [0, 0.05) is 21.8 Å². The van der Waals surface area contributed by atoms with Gasteiger partial charge in [-0.3, -0.25) is 4.79 Å². The lowest BCUT2D eigenvalue weighted by Gasteiger charge is -2.13. The first-order valence-electron chi connectivity index (χ1n) is 9.84. The number of nitrogens with one attached hydrogen (secondary N) is 1. The summed E-state index contributed by atoms with van der Waals surface area (Å²) in [6.45, 7) is 6.47. The molecule has 0 aromatic heterocycles. The van der Waals surface area contributed by atoms with E-state index in [-0.39, 0.29) is 12.5 Å². The van der Waals surface area contributed by atoms with Crippen LogP contribution < -0.4 is 14.8 Å². The van der Waals surface area contributed by atoms with Crippen LogP contribution in [0, 0.1) is 6.92 Å². The molecule has 4 nitrogen and oxygen atoms in total. The van der Waals surface area contributed by atoms with Gasteiger partial charge in [-0.05, 0) is 72.5 Å². The molecule has 0 radical (unpaired) electrons. The van der Waals surface area contributed by atoms with Crippen molar-refractivity contribution in [2.24, 2.45) is 0 Å². The van der Waals surface area contributed by atoms with Crippen molar-refractivity contribution in [3.63, 3.8) is 0 Å². The standard InChI is InChI=1S/C25H26ClNO3/c1-16(2)18-5-8-21(9-6-18)27-25(28)19-7-12-24(29-4)20(14-19)15-30-22-10-11-23(26)17(3)13-22/h5-14,16H,15H2,1-4H3,(H,27,28). The molecule has 30 heavy (non-hydrogen) atoms. The molecule has 1 amide bonds. The zero-order valence-electron chi connectivity index (χ0n) is 17.7. The summed E-state index contributed by atoms with van der Waals surface area (Å²) in [7, 11) is 1.60. The average molecular weight is 424 g/mol. The second kappa shape index (κ2) is 9.68. The van der Waals surface area contributed by atoms with E-state index in [1.165, 1.54) is 5.56 Å². The minimum atomic E-state index is -0.182. The van der Waals surface area contributed by atoms with Crippen LogP contribution in [0.5, 0.6) is 11.5 Å². The Balaban J connectivity index is 1.74. The third kappa shape index (κ3) is 5.33. The molecular formula is C25H26ClNO3. The maximum Gasteiger partial charge on any atom is 0.255 e. The lowest BCUT2D eigenvalue weighted by atomic mass is 10.0. The molecule has 0 aliphatic rings. The maximum atomic E-state index is 12.7. The van der Waals surface area contributed by atoms with Crippen LogP contribution >= 0.6 is 11.6 Å². The zero-order chi connectivity index (χ0) is 21.7. The predicted molar refractivity (Wildman–Crippen MR) is 122 cm³/mol. The highest BCUT2D eigenvalue weighted by atomic mass is 35.5. The lowest BCUT2D eigenvalue weighted by molar-refractivity contribution is 0.102. The number of hydrogen-bond acceptors (Lipinski definition) is 3. The van der Waals surface area contributed by atoms with Crippen molar-refractivity contribution in [1.29, 1.82) is 0 Å². The van der Waals surface area contributed by atoms with Crippen molar-refractivity contribution in [2.75, 3.05) is 12.4 Å². The Labute approximate surface area is 182 Å². The van der Waals surface area contributed by atoms with Crippen molar-refractivity contribution < 1.29 is 14.3 Å². The van der Waals surface area contributed by atoms with E-state index in [9.17, 15) is 4.79 Å². The predicted octanol–water partition coefficient (Wildman–Crippen LogP) is 6.61. The Kier molecular flexibility index (Phi) is 7.01. The molecule has 0 heterocycles. The molecule has 3 aromatic rings. The van der Waals surface area contributed by atoms with Gasteiger partial charge in [0.15, 0.2) is 0 Å². The van der Waals surface area contributed by atoms with Crippen molar-refractivity contribution in [3.8, 4) is 11.5 Å². The highest BCUT2D eigenvalue weighted by molar-refractivity contribution is 6.31. The van der Waals surface area contributed by atoms with E-state index >= 15 is 0 Å². The molecule has 156 valence electrons. The minimum Gasteiger partial charge on any atom is -0.496 e. The van der Waals surface area contributed by atoms with E-state index in [4.69, 9.17) is 21.1 Å². The highest BCUT2D eigenvalue weighted by Gasteiger charge is 2.12. The number of halogens is 1. The quantitative estimate of drug-likeness (QED) is 0.465. The molecule has 0 aliphatic heterocycles. The summed E-state index contributed by atoms with van der Waals surface area (Å²) in [5.41, 5.74) is 4.25. The van der Waals surface area contributed by atoms with E-state index in [1.807, 2.05) is 43.3 Å². The van der Waals surface area contributed by atoms with E-state index in [2.05, 4.69) is 19.2 Å². The molecule has 0 atom stereocenters. The Morgan fingerprint density at radius 1 is 1.03 bits per heavy atom. The van der Waals surface area contributed by atoms with Crippen LogP contribution in [0.3, 0.4) is 0 Å². The van der Waals surface area contributed by atoms with Crippen molar-refractivity contribution in [3.05, 3.63) is 87.9 Å². The van der Waals surface area contributed by atoms with E-state index in [0.717, 1.165) is 16.8 Å². The fraction of sp³-hybridized carbons (Fsp3) is 0.240. The molecule has 0 fully saturated rings. The number of rotatable bonds is 7. The fourth-order valence-electron chi connectivity index (χ4n) is 3.06. The number of ether oxygens (including phenoxy) is 2.